The molecule has 1 saturated heterocycles. The predicted molar refractivity (Wildman–Crippen MR) is 119 cm³/mol. The van der Waals surface area contributed by atoms with E-state index in [4.69, 9.17) is 15.2 Å². The first kappa shape index (κ1) is 23.2. The molecule has 2 heterocycles. The van der Waals surface area contributed by atoms with Crippen molar-refractivity contribution in [3.8, 4) is 5.75 Å². The Labute approximate surface area is 187 Å². The number of aromatic nitrogens is 3. The Bertz CT molecular complexity index is 967. The van der Waals surface area contributed by atoms with Gasteiger partial charge in [0.25, 0.3) is 0 Å². The molecule has 10 heteroatoms. The van der Waals surface area contributed by atoms with Gasteiger partial charge >= 0.3 is 5.97 Å². The molecule has 2 aromatic rings. The fraction of sp³-hybridized carbons (Fsp3) is 0.500. The van der Waals surface area contributed by atoms with Crippen molar-refractivity contribution in [1.82, 2.24) is 19.9 Å². The first-order valence-corrected chi connectivity index (χ1v) is 10.5. The third-order valence-corrected chi connectivity index (χ3v) is 5.15. The van der Waals surface area contributed by atoms with Gasteiger partial charge in [-0.2, -0.15) is 15.0 Å². The van der Waals surface area contributed by atoms with Gasteiger partial charge in [-0.25, -0.2) is 0 Å². The molecule has 0 radical (unpaired) electrons. The number of hydrogen-bond donors (Lipinski definition) is 2. The van der Waals surface area contributed by atoms with Crippen molar-refractivity contribution in [2.45, 2.75) is 40.2 Å². The maximum Gasteiger partial charge on any atom is 0.309 e. The quantitative estimate of drug-likeness (QED) is 0.647. The van der Waals surface area contributed by atoms with Gasteiger partial charge in [0.1, 0.15) is 5.75 Å². The number of rotatable bonds is 6. The lowest BCUT2D eigenvalue weighted by Crippen LogP contribution is -2.45. The van der Waals surface area contributed by atoms with Crippen LogP contribution in [0.4, 0.5) is 17.6 Å². The Balaban J connectivity index is 1.57. The third kappa shape index (κ3) is 5.83. The number of anilines is 3. The van der Waals surface area contributed by atoms with Crippen LogP contribution in [0.3, 0.4) is 0 Å². The maximum absolute atomic E-state index is 12.5. The van der Waals surface area contributed by atoms with E-state index in [1.54, 1.807) is 13.2 Å². The average molecular weight is 443 g/mol. The molecule has 1 aromatic heterocycles. The molecule has 1 amide bonds. The summed E-state index contributed by atoms with van der Waals surface area (Å²) in [7, 11) is 1.57. The second-order valence-corrected chi connectivity index (χ2v) is 8.68. The lowest BCUT2D eigenvalue weighted by atomic mass is 9.91. The molecule has 1 fully saturated rings. The summed E-state index contributed by atoms with van der Waals surface area (Å²) in [6.45, 7) is 6.66. The number of hydrogen-bond acceptors (Lipinski definition) is 9. The highest BCUT2D eigenvalue weighted by molar-refractivity contribution is 5.82. The van der Waals surface area contributed by atoms with Gasteiger partial charge in [0.15, 0.2) is 12.4 Å². The van der Waals surface area contributed by atoms with Crippen molar-refractivity contribution >= 4 is 29.5 Å². The summed E-state index contributed by atoms with van der Waals surface area (Å²) in [5.41, 5.74) is 6.04. The molecular weight excluding hydrogens is 412 g/mol. The fourth-order valence-corrected chi connectivity index (χ4v) is 3.47. The highest BCUT2D eigenvalue weighted by Gasteiger charge is 2.33. The Kier molecular flexibility index (Phi) is 7.12. The number of benzene rings is 1. The minimum atomic E-state index is -0.429. The molecule has 1 aromatic carbocycles. The van der Waals surface area contributed by atoms with Crippen LogP contribution in [0.25, 0.3) is 0 Å². The Morgan fingerprint density at radius 3 is 2.50 bits per heavy atom. The number of nitrogens with zero attached hydrogens (tertiary/aromatic N) is 4. The first-order valence-electron chi connectivity index (χ1n) is 10.5. The van der Waals surface area contributed by atoms with Crippen molar-refractivity contribution in [3.63, 3.8) is 0 Å². The lowest BCUT2D eigenvalue weighted by molar-refractivity contribution is -0.154. The number of esters is 1. The highest BCUT2D eigenvalue weighted by atomic mass is 16.5. The molecule has 10 nitrogen and oxygen atoms in total. The summed E-state index contributed by atoms with van der Waals surface area (Å²) in [4.78, 5) is 39.2. The van der Waals surface area contributed by atoms with E-state index >= 15 is 0 Å². The average Bonchev–Trinajstić information content (AvgIpc) is 2.76. The van der Waals surface area contributed by atoms with Crippen molar-refractivity contribution in [3.05, 3.63) is 30.1 Å². The molecule has 3 N–H and O–H groups in total. The summed E-state index contributed by atoms with van der Waals surface area (Å²) in [5.74, 6) is 0.606. The van der Waals surface area contributed by atoms with Crippen LogP contribution in [0.2, 0.25) is 0 Å². The van der Waals surface area contributed by atoms with Crippen LogP contribution in [-0.4, -0.2) is 51.9 Å². The van der Waals surface area contributed by atoms with E-state index < -0.39 is 5.41 Å². The second-order valence-electron chi connectivity index (χ2n) is 8.68. The SMILES string of the molecule is COc1ccccc1Nc1nc(N)nc(COC(=O)C2CCN(C(=O)C(C)(C)C)CC2)n1. The number of nitrogen functional groups attached to an aromatic ring is 1. The number of piperidine rings is 1. The van der Waals surface area contributed by atoms with Gasteiger partial charge in [0.05, 0.1) is 18.7 Å². The number of amides is 1. The fourth-order valence-electron chi connectivity index (χ4n) is 3.47. The molecular formula is C22H30N6O4. The second kappa shape index (κ2) is 9.80. The molecule has 0 bridgehead atoms. The maximum atomic E-state index is 12.5. The van der Waals surface area contributed by atoms with Crippen LogP contribution in [0.15, 0.2) is 24.3 Å². The van der Waals surface area contributed by atoms with Crippen LogP contribution in [-0.2, 0) is 20.9 Å². The van der Waals surface area contributed by atoms with Crippen molar-refractivity contribution in [1.29, 1.82) is 0 Å². The molecule has 0 atom stereocenters. The zero-order valence-corrected chi connectivity index (χ0v) is 18.9. The Morgan fingerprint density at radius 2 is 1.84 bits per heavy atom. The molecule has 1 aliphatic rings. The molecule has 3 rings (SSSR count). The van der Waals surface area contributed by atoms with Gasteiger partial charge in [0.2, 0.25) is 17.8 Å². The molecule has 1 aliphatic heterocycles. The van der Waals surface area contributed by atoms with E-state index in [9.17, 15) is 9.59 Å². The monoisotopic (exact) mass is 442 g/mol. The number of nitrogens with one attached hydrogen (secondary N) is 1. The van der Waals surface area contributed by atoms with Gasteiger partial charge < -0.3 is 25.4 Å². The number of para-hydroxylation sites is 2. The minimum Gasteiger partial charge on any atom is -0.495 e. The number of carbonyl (C=O) groups is 2. The topological polar surface area (TPSA) is 133 Å². The summed E-state index contributed by atoms with van der Waals surface area (Å²) < 4.78 is 10.7. The van der Waals surface area contributed by atoms with Crippen molar-refractivity contribution in [2.24, 2.45) is 11.3 Å². The summed E-state index contributed by atoms with van der Waals surface area (Å²) >= 11 is 0. The van der Waals surface area contributed by atoms with E-state index in [-0.39, 0.29) is 42.1 Å². The largest absolute Gasteiger partial charge is 0.495 e. The molecule has 172 valence electrons. The van der Waals surface area contributed by atoms with E-state index in [0.29, 0.717) is 37.4 Å². The van der Waals surface area contributed by atoms with Crippen LogP contribution >= 0.6 is 0 Å². The zero-order chi connectivity index (χ0) is 23.3. The number of likely N-dealkylation sites (tertiary alicyclic amines) is 1. The zero-order valence-electron chi connectivity index (χ0n) is 18.9. The molecule has 32 heavy (non-hydrogen) atoms. The van der Waals surface area contributed by atoms with Gasteiger partial charge in [-0.3, -0.25) is 9.59 Å². The van der Waals surface area contributed by atoms with Crippen LogP contribution in [0.1, 0.15) is 39.4 Å². The highest BCUT2D eigenvalue weighted by Crippen LogP contribution is 2.26. The normalized spacial score (nSPS) is 14.7. The summed E-state index contributed by atoms with van der Waals surface area (Å²) in [6, 6.07) is 7.31. The van der Waals surface area contributed by atoms with Gasteiger partial charge in [0, 0.05) is 18.5 Å². The van der Waals surface area contributed by atoms with E-state index in [0.717, 1.165) is 0 Å². The molecule has 0 spiro atoms. The van der Waals surface area contributed by atoms with Crippen molar-refractivity contribution < 1.29 is 19.1 Å². The van der Waals surface area contributed by atoms with Crippen LogP contribution in [0, 0.1) is 11.3 Å². The van der Waals surface area contributed by atoms with E-state index in [1.807, 2.05) is 43.9 Å². The van der Waals surface area contributed by atoms with E-state index in [2.05, 4.69) is 20.3 Å². The summed E-state index contributed by atoms with van der Waals surface area (Å²) in [5, 5.41) is 3.04. The smallest absolute Gasteiger partial charge is 0.309 e. The minimum absolute atomic E-state index is 0.0115. The number of carbonyl (C=O) groups excluding carboxylic acids is 2. The Hall–Kier alpha value is -3.43. The first-order chi connectivity index (χ1) is 15.2. The molecule has 0 unspecified atom stereocenters. The predicted octanol–water partition coefficient (Wildman–Crippen LogP) is 2.53. The number of nitrogens with two attached hydrogens (primary N) is 1. The van der Waals surface area contributed by atoms with Gasteiger partial charge in [-0.15, -0.1) is 0 Å². The molecule has 0 saturated carbocycles. The number of ether oxygens (including phenoxy) is 2. The van der Waals surface area contributed by atoms with Gasteiger partial charge in [-0.1, -0.05) is 32.9 Å². The lowest BCUT2D eigenvalue weighted by Gasteiger charge is -2.34. The van der Waals surface area contributed by atoms with Crippen LogP contribution < -0.4 is 15.8 Å². The van der Waals surface area contributed by atoms with Gasteiger partial charge in [-0.05, 0) is 25.0 Å². The number of methoxy groups -OCH3 is 1. The summed E-state index contributed by atoms with van der Waals surface area (Å²) in [6.07, 6.45) is 1.14. The van der Waals surface area contributed by atoms with E-state index in [1.165, 1.54) is 0 Å². The third-order valence-electron chi connectivity index (χ3n) is 5.15. The van der Waals surface area contributed by atoms with Crippen molar-refractivity contribution in [2.75, 3.05) is 31.2 Å². The van der Waals surface area contributed by atoms with Crippen LogP contribution in [0.5, 0.6) is 5.75 Å². The Morgan fingerprint density at radius 1 is 1.16 bits per heavy atom. The standard InChI is InChI=1S/C22H30N6O4/c1-22(2,3)19(30)28-11-9-14(10-12-28)18(29)32-13-17-25-20(23)27-21(26-17)24-15-7-5-6-8-16(15)31-4/h5-8,14H,9-13H2,1-4H3,(H3,23,24,25,26,27). The molecule has 0 aliphatic carbocycles.